The average molecular weight is 288 g/mol. The number of hydrogen-bond donors (Lipinski definition) is 0. The van der Waals surface area contributed by atoms with Crippen LogP contribution in [-0.2, 0) is 4.74 Å². The number of ether oxygens (including phenoxy) is 4. The fourth-order valence-electron chi connectivity index (χ4n) is 1.80. The Morgan fingerprint density at radius 3 is 3.05 bits per heavy atom. The number of carbonyl (C=O) groups is 1. The SMILES string of the molecule is CCOC(=O)c1cncnc1Oc1ccc2c(c1)OCO2. The van der Waals surface area contributed by atoms with Crippen molar-refractivity contribution >= 4 is 5.97 Å². The number of aromatic nitrogens is 2. The first-order chi connectivity index (χ1) is 10.3. The molecule has 7 nitrogen and oxygen atoms in total. The molecule has 21 heavy (non-hydrogen) atoms. The molecule has 0 radical (unpaired) electrons. The summed E-state index contributed by atoms with van der Waals surface area (Å²) in [6.07, 6.45) is 2.65. The maximum Gasteiger partial charge on any atom is 0.345 e. The smallest absolute Gasteiger partial charge is 0.345 e. The molecule has 0 amide bonds. The third kappa shape index (κ3) is 2.71. The topological polar surface area (TPSA) is 79.8 Å². The average Bonchev–Trinajstić information content (AvgIpc) is 2.95. The highest BCUT2D eigenvalue weighted by atomic mass is 16.7. The Labute approximate surface area is 120 Å². The Bertz CT molecular complexity index is 674. The minimum atomic E-state index is -0.533. The molecule has 1 aliphatic rings. The molecule has 0 saturated heterocycles. The highest BCUT2D eigenvalue weighted by molar-refractivity contribution is 5.91. The van der Waals surface area contributed by atoms with Crippen LogP contribution in [0.4, 0.5) is 0 Å². The lowest BCUT2D eigenvalue weighted by atomic mass is 10.3. The predicted molar refractivity (Wildman–Crippen MR) is 70.6 cm³/mol. The Morgan fingerprint density at radius 2 is 2.19 bits per heavy atom. The summed E-state index contributed by atoms with van der Waals surface area (Å²) in [4.78, 5) is 19.6. The van der Waals surface area contributed by atoms with Crippen LogP contribution in [0.2, 0.25) is 0 Å². The van der Waals surface area contributed by atoms with E-state index in [1.165, 1.54) is 12.5 Å². The second-order valence-electron chi connectivity index (χ2n) is 4.08. The molecule has 7 heteroatoms. The zero-order valence-corrected chi connectivity index (χ0v) is 11.2. The summed E-state index contributed by atoms with van der Waals surface area (Å²) in [5, 5.41) is 0. The third-order valence-corrected chi connectivity index (χ3v) is 2.73. The van der Waals surface area contributed by atoms with Gasteiger partial charge < -0.3 is 18.9 Å². The van der Waals surface area contributed by atoms with E-state index < -0.39 is 5.97 Å². The Kier molecular flexibility index (Phi) is 3.55. The summed E-state index contributed by atoms with van der Waals surface area (Å²) in [6, 6.07) is 5.09. The van der Waals surface area contributed by atoms with E-state index in [-0.39, 0.29) is 24.8 Å². The van der Waals surface area contributed by atoms with Crippen LogP contribution in [-0.4, -0.2) is 29.3 Å². The first kappa shape index (κ1) is 13.2. The van der Waals surface area contributed by atoms with Crippen LogP contribution in [0.25, 0.3) is 0 Å². The normalized spacial score (nSPS) is 12.0. The van der Waals surface area contributed by atoms with E-state index in [0.717, 1.165) is 0 Å². The summed E-state index contributed by atoms with van der Waals surface area (Å²) >= 11 is 0. The van der Waals surface area contributed by atoms with Gasteiger partial charge in [-0.15, -0.1) is 0 Å². The largest absolute Gasteiger partial charge is 0.462 e. The lowest BCUT2D eigenvalue weighted by molar-refractivity contribution is 0.0522. The van der Waals surface area contributed by atoms with Gasteiger partial charge in [0.2, 0.25) is 12.7 Å². The second-order valence-corrected chi connectivity index (χ2v) is 4.08. The van der Waals surface area contributed by atoms with Crippen molar-refractivity contribution in [3.8, 4) is 23.1 Å². The van der Waals surface area contributed by atoms with Crippen molar-refractivity contribution in [1.29, 1.82) is 0 Å². The van der Waals surface area contributed by atoms with Crippen molar-refractivity contribution in [3.63, 3.8) is 0 Å². The van der Waals surface area contributed by atoms with Gasteiger partial charge in [-0.3, -0.25) is 0 Å². The summed E-state index contributed by atoms with van der Waals surface area (Å²) < 4.78 is 21.0. The summed E-state index contributed by atoms with van der Waals surface area (Å²) in [5.41, 5.74) is 0.164. The first-order valence-corrected chi connectivity index (χ1v) is 6.32. The fraction of sp³-hybridized carbons (Fsp3) is 0.214. The number of benzene rings is 1. The molecule has 0 spiro atoms. The van der Waals surface area contributed by atoms with E-state index in [9.17, 15) is 4.79 Å². The van der Waals surface area contributed by atoms with Gasteiger partial charge in [0.25, 0.3) is 0 Å². The highest BCUT2D eigenvalue weighted by Gasteiger charge is 2.18. The molecule has 1 aromatic heterocycles. The zero-order valence-electron chi connectivity index (χ0n) is 11.2. The number of carbonyl (C=O) groups excluding carboxylic acids is 1. The van der Waals surface area contributed by atoms with Crippen LogP contribution >= 0.6 is 0 Å². The zero-order chi connectivity index (χ0) is 14.7. The minimum absolute atomic E-state index is 0.127. The van der Waals surface area contributed by atoms with Crippen LogP contribution < -0.4 is 14.2 Å². The molecule has 0 aliphatic carbocycles. The molecule has 0 fully saturated rings. The number of rotatable bonds is 4. The molecular formula is C14H12N2O5. The number of esters is 1. The molecule has 2 heterocycles. The molecule has 1 aromatic carbocycles. The van der Waals surface area contributed by atoms with Gasteiger partial charge in [0, 0.05) is 12.3 Å². The highest BCUT2D eigenvalue weighted by Crippen LogP contribution is 2.36. The standard InChI is InChI=1S/C14H12N2O5/c1-2-18-14(17)10-6-15-7-16-13(10)21-9-3-4-11-12(5-9)20-8-19-11/h3-7H,2,8H2,1H3. The van der Waals surface area contributed by atoms with Gasteiger partial charge in [0.1, 0.15) is 17.6 Å². The monoisotopic (exact) mass is 288 g/mol. The van der Waals surface area contributed by atoms with Crippen LogP contribution in [0.3, 0.4) is 0 Å². The molecule has 108 valence electrons. The Morgan fingerprint density at radius 1 is 1.33 bits per heavy atom. The van der Waals surface area contributed by atoms with Crippen molar-refractivity contribution in [2.75, 3.05) is 13.4 Å². The van der Waals surface area contributed by atoms with E-state index >= 15 is 0 Å². The van der Waals surface area contributed by atoms with Gasteiger partial charge in [-0.25, -0.2) is 14.8 Å². The molecule has 1 aliphatic heterocycles. The van der Waals surface area contributed by atoms with Crippen LogP contribution in [0.1, 0.15) is 17.3 Å². The summed E-state index contributed by atoms with van der Waals surface area (Å²) in [6.45, 7) is 2.16. The van der Waals surface area contributed by atoms with Gasteiger partial charge in [-0.05, 0) is 19.1 Å². The van der Waals surface area contributed by atoms with Gasteiger partial charge in [0.05, 0.1) is 6.61 Å². The van der Waals surface area contributed by atoms with Crippen molar-refractivity contribution < 1.29 is 23.7 Å². The van der Waals surface area contributed by atoms with E-state index in [4.69, 9.17) is 18.9 Å². The molecule has 0 unspecified atom stereocenters. The summed E-state index contributed by atoms with van der Waals surface area (Å²) in [7, 11) is 0. The third-order valence-electron chi connectivity index (χ3n) is 2.73. The predicted octanol–water partition coefficient (Wildman–Crippen LogP) is 2.17. The van der Waals surface area contributed by atoms with Crippen molar-refractivity contribution in [2.45, 2.75) is 6.92 Å². The van der Waals surface area contributed by atoms with Crippen LogP contribution in [0, 0.1) is 0 Å². The maximum atomic E-state index is 11.8. The molecular weight excluding hydrogens is 276 g/mol. The molecule has 0 N–H and O–H groups in total. The van der Waals surface area contributed by atoms with E-state index in [2.05, 4.69) is 9.97 Å². The summed E-state index contributed by atoms with van der Waals surface area (Å²) in [5.74, 6) is 1.30. The van der Waals surface area contributed by atoms with E-state index in [1.54, 1.807) is 25.1 Å². The van der Waals surface area contributed by atoms with Gasteiger partial charge in [-0.1, -0.05) is 0 Å². The van der Waals surface area contributed by atoms with Gasteiger partial charge in [-0.2, -0.15) is 0 Å². The number of nitrogens with zero attached hydrogens (tertiary/aromatic N) is 2. The molecule has 3 rings (SSSR count). The van der Waals surface area contributed by atoms with Crippen LogP contribution in [0.15, 0.2) is 30.7 Å². The lowest BCUT2D eigenvalue weighted by Gasteiger charge is -2.09. The van der Waals surface area contributed by atoms with Gasteiger partial charge in [0.15, 0.2) is 11.5 Å². The molecule has 0 bridgehead atoms. The number of hydrogen-bond acceptors (Lipinski definition) is 7. The van der Waals surface area contributed by atoms with E-state index in [1.807, 2.05) is 0 Å². The first-order valence-electron chi connectivity index (χ1n) is 6.32. The quantitative estimate of drug-likeness (QED) is 0.797. The number of fused-ring (bicyclic) bond motifs is 1. The lowest BCUT2D eigenvalue weighted by Crippen LogP contribution is -2.08. The molecule has 0 saturated carbocycles. The fourth-order valence-corrected chi connectivity index (χ4v) is 1.80. The Balaban J connectivity index is 1.86. The maximum absolute atomic E-state index is 11.8. The van der Waals surface area contributed by atoms with E-state index in [0.29, 0.717) is 17.2 Å². The van der Waals surface area contributed by atoms with Gasteiger partial charge >= 0.3 is 5.97 Å². The molecule has 2 aromatic rings. The molecule has 0 atom stereocenters. The van der Waals surface area contributed by atoms with Crippen LogP contribution in [0.5, 0.6) is 23.1 Å². The Hall–Kier alpha value is -2.83. The van der Waals surface area contributed by atoms with Crippen molar-refractivity contribution in [2.24, 2.45) is 0 Å². The second kappa shape index (κ2) is 5.66. The van der Waals surface area contributed by atoms with Crippen molar-refractivity contribution in [1.82, 2.24) is 9.97 Å². The van der Waals surface area contributed by atoms with Crippen molar-refractivity contribution in [3.05, 3.63) is 36.3 Å². The minimum Gasteiger partial charge on any atom is -0.462 e.